The van der Waals surface area contributed by atoms with Crippen molar-refractivity contribution in [2.45, 2.75) is 25.8 Å². The normalized spacial score (nSPS) is 17.9. The van der Waals surface area contributed by atoms with Crippen molar-refractivity contribution in [3.05, 3.63) is 28.0 Å². The molecule has 1 aromatic heterocycles. The predicted octanol–water partition coefficient (Wildman–Crippen LogP) is 2.17. The molecule has 5 heteroatoms. The van der Waals surface area contributed by atoms with Crippen molar-refractivity contribution in [2.75, 3.05) is 13.1 Å². The molecule has 0 bridgehead atoms. The van der Waals surface area contributed by atoms with E-state index in [0.29, 0.717) is 12.3 Å². The minimum atomic E-state index is -0.500. The van der Waals surface area contributed by atoms with Crippen LogP contribution in [-0.2, 0) is 6.54 Å². The van der Waals surface area contributed by atoms with Gasteiger partial charge in [0.25, 0.3) is 0 Å². The van der Waals surface area contributed by atoms with Crippen LogP contribution in [0, 0.1) is 10.1 Å². The lowest BCUT2D eigenvalue weighted by atomic mass is 10.1. The van der Waals surface area contributed by atoms with E-state index in [-0.39, 0.29) is 5.88 Å². The molecule has 1 saturated heterocycles. The van der Waals surface area contributed by atoms with Gasteiger partial charge in [0.2, 0.25) is 0 Å². The number of furan rings is 1. The molecule has 1 aliphatic rings. The minimum absolute atomic E-state index is 0.165. The number of hydrogen-bond acceptors (Lipinski definition) is 4. The molecule has 0 aromatic carbocycles. The first-order valence-electron chi connectivity index (χ1n) is 5.21. The lowest BCUT2D eigenvalue weighted by Gasteiger charge is -2.25. The molecule has 0 radical (unpaired) electrons. The summed E-state index contributed by atoms with van der Waals surface area (Å²) in [5.74, 6) is 0.519. The molecule has 0 saturated carbocycles. The Bertz CT molecular complexity index is 342. The highest BCUT2D eigenvalue weighted by Crippen LogP contribution is 2.19. The van der Waals surface area contributed by atoms with Gasteiger partial charge in [-0.15, -0.1) is 0 Å². The summed E-state index contributed by atoms with van der Waals surface area (Å²) in [5.41, 5.74) is 0. The lowest BCUT2D eigenvalue weighted by molar-refractivity contribution is -0.402. The summed E-state index contributed by atoms with van der Waals surface area (Å²) >= 11 is 0. The number of hydrogen-bond donors (Lipinski definition) is 0. The van der Waals surface area contributed by atoms with Crippen molar-refractivity contribution in [2.24, 2.45) is 0 Å². The summed E-state index contributed by atoms with van der Waals surface area (Å²) in [6.07, 6.45) is 3.71. The van der Waals surface area contributed by atoms with Crippen LogP contribution in [0.1, 0.15) is 25.0 Å². The van der Waals surface area contributed by atoms with E-state index in [1.54, 1.807) is 6.07 Å². The summed E-state index contributed by atoms with van der Waals surface area (Å²) in [4.78, 5) is 12.2. The maximum absolute atomic E-state index is 10.4. The fourth-order valence-corrected chi connectivity index (χ4v) is 1.89. The Morgan fingerprint density at radius 3 is 2.67 bits per heavy atom. The van der Waals surface area contributed by atoms with E-state index in [1.165, 1.54) is 25.3 Å². The largest absolute Gasteiger partial charge is 0.433 e. The van der Waals surface area contributed by atoms with Gasteiger partial charge in [0.05, 0.1) is 12.6 Å². The molecule has 0 amide bonds. The quantitative estimate of drug-likeness (QED) is 0.566. The Kier molecular flexibility index (Phi) is 3.01. The summed E-state index contributed by atoms with van der Waals surface area (Å²) in [6, 6.07) is 3.10. The molecule has 15 heavy (non-hydrogen) atoms. The highest BCUT2D eigenvalue weighted by molar-refractivity contribution is 5.17. The molecule has 2 rings (SSSR count). The van der Waals surface area contributed by atoms with Crippen LogP contribution in [-0.4, -0.2) is 22.9 Å². The van der Waals surface area contributed by atoms with Crippen LogP contribution in [0.15, 0.2) is 16.5 Å². The maximum Gasteiger partial charge on any atom is 0.433 e. The Hall–Kier alpha value is -1.36. The van der Waals surface area contributed by atoms with E-state index in [0.717, 1.165) is 13.1 Å². The van der Waals surface area contributed by atoms with E-state index in [4.69, 9.17) is 4.42 Å². The van der Waals surface area contributed by atoms with Crippen molar-refractivity contribution in [3.63, 3.8) is 0 Å². The summed E-state index contributed by atoms with van der Waals surface area (Å²) in [6.45, 7) is 2.82. The van der Waals surface area contributed by atoms with Crippen LogP contribution >= 0.6 is 0 Å². The summed E-state index contributed by atoms with van der Waals surface area (Å²) in [5, 5.41) is 10.4. The second-order valence-corrected chi connectivity index (χ2v) is 3.83. The van der Waals surface area contributed by atoms with Gasteiger partial charge >= 0.3 is 5.88 Å². The van der Waals surface area contributed by atoms with E-state index in [1.807, 2.05) is 0 Å². The van der Waals surface area contributed by atoms with Gasteiger partial charge in [-0.2, -0.15) is 0 Å². The monoisotopic (exact) mass is 210 g/mol. The molecule has 0 atom stereocenters. The first-order chi connectivity index (χ1) is 7.25. The Labute approximate surface area is 87.8 Å². The molecular formula is C10H14N2O3. The van der Waals surface area contributed by atoms with E-state index in [2.05, 4.69) is 4.90 Å². The van der Waals surface area contributed by atoms with Gasteiger partial charge in [-0.25, -0.2) is 0 Å². The average Bonchev–Trinajstić information content (AvgIpc) is 2.68. The Balaban J connectivity index is 1.94. The maximum atomic E-state index is 10.4. The molecule has 1 aliphatic heterocycles. The molecule has 1 fully saturated rings. The van der Waals surface area contributed by atoms with Crippen molar-refractivity contribution in [1.82, 2.24) is 4.90 Å². The number of nitrogens with zero attached hydrogens (tertiary/aromatic N) is 2. The lowest BCUT2D eigenvalue weighted by Crippen LogP contribution is -2.28. The molecule has 0 aliphatic carbocycles. The smallest absolute Gasteiger partial charge is 0.404 e. The first-order valence-corrected chi connectivity index (χ1v) is 5.21. The number of nitro groups is 1. The van der Waals surface area contributed by atoms with Crippen LogP contribution < -0.4 is 0 Å². The third kappa shape index (κ3) is 2.56. The van der Waals surface area contributed by atoms with Crippen LogP contribution in [0.5, 0.6) is 0 Å². The van der Waals surface area contributed by atoms with Gasteiger partial charge in [-0.1, -0.05) is 6.42 Å². The van der Waals surface area contributed by atoms with Crippen molar-refractivity contribution < 1.29 is 9.34 Å². The van der Waals surface area contributed by atoms with Gasteiger partial charge in [0.15, 0.2) is 0 Å². The van der Waals surface area contributed by atoms with Crippen LogP contribution in [0.3, 0.4) is 0 Å². The van der Waals surface area contributed by atoms with Gasteiger partial charge in [0, 0.05) is 0 Å². The van der Waals surface area contributed by atoms with Gasteiger partial charge in [0.1, 0.15) is 10.7 Å². The zero-order valence-corrected chi connectivity index (χ0v) is 8.52. The summed E-state index contributed by atoms with van der Waals surface area (Å²) < 4.78 is 5.11. The Morgan fingerprint density at radius 2 is 2.07 bits per heavy atom. The van der Waals surface area contributed by atoms with E-state index >= 15 is 0 Å². The van der Waals surface area contributed by atoms with Crippen LogP contribution in [0.4, 0.5) is 5.88 Å². The zero-order valence-electron chi connectivity index (χ0n) is 8.52. The minimum Gasteiger partial charge on any atom is -0.404 e. The molecule has 0 N–H and O–H groups in total. The Morgan fingerprint density at radius 1 is 1.33 bits per heavy atom. The molecular weight excluding hydrogens is 196 g/mol. The van der Waals surface area contributed by atoms with Gasteiger partial charge < -0.3 is 4.42 Å². The van der Waals surface area contributed by atoms with E-state index < -0.39 is 4.92 Å². The summed E-state index contributed by atoms with van der Waals surface area (Å²) in [7, 11) is 0. The molecule has 5 nitrogen and oxygen atoms in total. The predicted molar refractivity (Wildman–Crippen MR) is 54.5 cm³/mol. The highest BCUT2D eigenvalue weighted by atomic mass is 16.6. The third-order valence-corrected chi connectivity index (χ3v) is 2.66. The van der Waals surface area contributed by atoms with Gasteiger partial charge in [-0.3, -0.25) is 15.0 Å². The number of piperidine rings is 1. The van der Waals surface area contributed by atoms with Crippen LogP contribution in [0.2, 0.25) is 0 Å². The molecule has 82 valence electrons. The van der Waals surface area contributed by atoms with Crippen molar-refractivity contribution in [3.8, 4) is 0 Å². The van der Waals surface area contributed by atoms with Gasteiger partial charge in [-0.05, 0) is 32.0 Å². The fourth-order valence-electron chi connectivity index (χ4n) is 1.89. The van der Waals surface area contributed by atoms with Crippen molar-refractivity contribution in [1.29, 1.82) is 0 Å². The fraction of sp³-hybridized carbons (Fsp3) is 0.600. The van der Waals surface area contributed by atoms with Crippen molar-refractivity contribution >= 4 is 5.88 Å². The highest BCUT2D eigenvalue weighted by Gasteiger charge is 2.15. The second kappa shape index (κ2) is 4.44. The topological polar surface area (TPSA) is 59.5 Å². The number of rotatable bonds is 3. The third-order valence-electron chi connectivity index (χ3n) is 2.66. The molecule has 2 heterocycles. The molecule has 1 aromatic rings. The van der Waals surface area contributed by atoms with E-state index in [9.17, 15) is 10.1 Å². The first kappa shape index (κ1) is 10.2. The standard InChI is InChI=1S/C10H14N2O3/c13-12(14)10-5-4-9(15-10)8-11-6-2-1-3-7-11/h4-5H,1-3,6-8H2. The van der Waals surface area contributed by atoms with Crippen LogP contribution in [0.25, 0.3) is 0 Å². The molecule has 0 unspecified atom stereocenters. The molecule has 0 spiro atoms. The SMILES string of the molecule is O=[N+]([O-])c1ccc(CN2CCCCC2)o1. The second-order valence-electron chi connectivity index (χ2n) is 3.83. The average molecular weight is 210 g/mol. The number of likely N-dealkylation sites (tertiary alicyclic amines) is 1. The zero-order chi connectivity index (χ0) is 10.7.